The van der Waals surface area contributed by atoms with Gasteiger partial charge in [0.15, 0.2) is 0 Å². The van der Waals surface area contributed by atoms with Gasteiger partial charge in [-0.05, 0) is 38.8 Å². The summed E-state index contributed by atoms with van der Waals surface area (Å²) in [5.41, 5.74) is 8.61. The highest BCUT2D eigenvalue weighted by molar-refractivity contribution is 5.61. The van der Waals surface area contributed by atoms with Crippen molar-refractivity contribution in [2.75, 3.05) is 18.6 Å². The fourth-order valence-corrected chi connectivity index (χ4v) is 3.44. The van der Waals surface area contributed by atoms with Crippen molar-refractivity contribution < 1.29 is 4.74 Å². The van der Waals surface area contributed by atoms with Crippen molar-refractivity contribution in [2.24, 2.45) is 5.73 Å². The van der Waals surface area contributed by atoms with E-state index in [0.29, 0.717) is 6.04 Å². The van der Waals surface area contributed by atoms with Crippen molar-refractivity contribution >= 4 is 5.69 Å². The van der Waals surface area contributed by atoms with Gasteiger partial charge in [0.25, 0.3) is 0 Å². The Labute approximate surface area is 123 Å². The number of methoxy groups -OCH3 is 1. The van der Waals surface area contributed by atoms with Crippen LogP contribution in [0.25, 0.3) is 0 Å². The van der Waals surface area contributed by atoms with Gasteiger partial charge >= 0.3 is 0 Å². The molecule has 1 aromatic rings. The molecule has 3 heteroatoms. The van der Waals surface area contributed by atoms with E-state index in [1.54, 1.807) is 7.11 Å². The smallest absolute Gasteiger partial charge is 0.125 e. The van der Waals surface area contributed by atoms with E-state index in [4.69, 9.17) is 10.5 Å². The Morgan fingerprint density at radius 3 is 2.55 bits per heavy atom. The number of hydrogen-bond donors (Lipinski definition) is 1. The lowest BCUT2D eigenvalue weighted by molar-refractivity contribution is 0.402. The number of benzene rings is 1. The summed E-state index contributed by atoms with van der Waals surface area (Å²) >= 11 is 0. The summed E-state index contributed by atoms with van der Waals surface area (Å²) in [5.74, 6) is 0.909. The van der Waals surface area contributed by atoms with E-state index in [0.717, 1.165) is 17.9 Å². The molecule has 0 bridgehead atoms. The average Bonchev–Trinajstić information content (AvgIpc) is 2.48. The Bertz CT molecular complexity index is 425. The summed E-state index contributed by atoms with van der Waals surface area (Å²) in [4.78, 5) is 2.53. The summed E-state index contributed by atoms with van der Waals surface area (Å²) < 4.78 is 5.52. The highest BCUT2D eigenvalue weighted by atomic mass is 16.5. The molecule has 0 spiro atoms. The Kier molecular flexibility index (Phi) is 5.30. The number of hydrogen-bond acceptors (Lipinski definition) is 3. The van der Waals surface area contributed by atoms with Gasteiger partial charge in [-0.3, -0.25) is 0 Å². The van der Waals surface area contributed by atoms with Gasteiger partial charge in [-0.15, -0.1) is 0 Å². The number of anilines is 1. The first-order valence-corrected chi connectivity index (χ1v) is 7.88. The number of nitrogens with two attached hydrogens (primary N) is 1. The lowest BCUT2D eigenvalue weighted by Gasteiger charge is -2.37. The van der Waals surface area contributed by atoms with Gasteiger partial charge in [-0.2, -0.15) is 0 Å². The van der Waals surface area contributed by atoms with Gasteiger partial charge in [0.05, 0.1) is 7.11 Å². The van der Waals surface area contributed by atoms with Crippen LogP contribution >= 0.6 is 0 Å². The summed E-state index contributed by atoms with van der Waals surface area (Å²) in [6, 6.07) is 6.92. The highest BCUT2D eigenvalue weighted by Gasteiger charge is 2.24. The average molecular weight is 276 g/mol. The third-order valence-electron chi connectivity index (χ3n) is 4.38. The zero-order valence-electron chi connectivity index (χ0n) is 13.1. The standard InChI is InChI=1S/C17H28N2O/c1-4-19(14-9-6-5-7-10-14)15-11-8-12-16(20-3)17(15)13(2)18/h8,11-14H,4-7,9-10,18H2,1-3H3/t13-/m1/s1. The Morgan fingerprint density at radius 1 is 1.30 bits per heavy atom. The second-order valence-electron chi connectivity index (χ2n) is 5.76. The Morgan fingerprint density at radius 2 is 2.00 bits per heavy atom. The molecule has 0 saturated heterocycles. The topological polar surface area (TPSA) is 38.5 Å². The number of rotatable bonds is 5. The Hall–Kier alpha value is -1.22. The first kappa shape index (κ1) is 15.2. The van der Waals surface area contributed by atoms with E-state index in [-0.39, 0.29) is 6.04 Å². The third kappa shape index (κ3) is 3.09. The molecule has 1 aromatic carbocycles. The third-order valence-corrected chi connectivity index (χ3v) is 4.38. The molecular weight excluding hydrogens is 248 g/mol. The molecular formula is C17H28N2O. The zero-order valence-corrected chi connectivity index (χ0v) is 13.1. The van der Waals surface area contributed by atoms with Crippen molar-refractivity contribution in [1.82, 2.24) is 0 Å². The van der Waals surface area contributed by atoms with Gasteiger partial charge < -0.3 is 15.4 Å². The van der Waals surface area contributed by atoms with Gasteiger partial charge in [0.2, 0.25) is 0 Å². The van der Waals surface area contributed by atoms with Crippen LogP contribution in [0.5, 0.6) is 5.75 Å². The molecule has 1 aliphatic rings. The molecule has 112 valence electrons. The van der Waals surface area contributed by atoms with Crippen molar-refractivity contribution in [3.63, 3.8) is 0 Å². The molecule has 0 aliphatic heterocycles. The van der Waals surface area contributed by atoms with Crippen LogP contribution in [-0.4, -0.2) is 19.7 Å². The normalized spacial score (nSPS) is 17.8. The van der Waals surface area contributed by atoms with Crippen LogP contribution in [0.1, 0.15) is 57.6 Å². The van der Waals surface area contributed by atoms with Crippen LogP contribution in [0.4, 0.5) is 5.69 Å². The van der Waals surface area contributed by atoms with Crippen LogP contribution in [-0.2, 0) is 0 Å². The van der Waals surface area contributed by atoms with Crippen LogP contribution in [0.3, 0.4) is 0 Å². The highest BCUT2D eigenvalue weighted by Crippen LogP contribution is 2.36. The lowest BCUT2D eigenvalue weighted by atomic mass is 9.92. The molecule has 0 unspecified atom stereocenters. The van der Waals surface area contributed by atoms with E-state index in [2.05, 4.69) is 24.0 Å². The first-order chi connectivity index (χ1) is 9.69. The fraction of sp³-hybridized carbons (Fsp3) is 0.647. The molecule has 20 heavy (non-hydrogen) atoms. The minimum absolute atomic E-state index is 0.0150. The van der Waals surface area contributed by atoms with Gasteiger partial charge in [0.1, 0.15) is 5.75 Å². The molecule has 1 saturated carbocycles. The second kappa shape index (κ2) is 6.98. The van der Waals surface area contributed by atoms with Crippen molar-refractivity contribution in [1.29, 1.82) is 0 Å². The van der Waals surface area contributed by atoms with Gasteiger partial charge in [-0.25, -0.2) is 0 Å². The van der Waals surface area contributed by atoms with Crippen molar-refractivity contribution in [3.8, 4) is 5.75 Å². The fourth-order valence-electron chi connectivity index (χ4n) is 3.44. The van der Waals surface area contributed by atoms with Crippen molar-refractivity contribution in [3.05, 3.63) is 23.8 Å². The number of nitrogens with zero attached hydrogens (tertiary/aromatic N) is 1. The maximum Gasteiger partial charge on any atom is 0.125 e. The first-order valence-electron chi connectivity index (χ1n) is 7.88. The van der Waals surface area contributed by atoms with E-state index in [1.165, 1.54) is 37.8 Å². The monoisotopic (exact) mass is 276 g/mol. The molecule has 1 aliphatic carbocycles. The summed E-state index contributed by atoms with van der Waals surface area (Å²) in [7, 11) is 1.72. The van der Waals surface area contributed by atoms with E-state index < -0.39 is 0 Å². The minimum Gasteiger partial charge on any atom is -0.496 e. The maximum absolute atomic E-state index is 6.21. The SMILES string of the molecule is CCN(c1cccc(OC)c1[C@@H](C)N)C1CCCCC1. The maximum atomic E-state index is 6.21. The predicted octanol–water partition coefficient (Wildman–Crippen LogP) is 3.87. The molecule has 3 nitrogen and oxygen atoms in total. The van der Waals surface area contributed by atoms with Crippen LogP contribution in [0.15, 0.2) is 18.2 Å². The molecule has 2 rings (SSSR count). The quantitative estimate of drug-likeness (QED) is 0.887. The predicted molar refractivity (Wildman–Crippen MR) is 85.5 cm³/mol. The molecule has 0 heterocycles. The Balaban J connectivity index is 2.37. The summed E-state index contributed by atoms with van der Waals surface area (Å²) in [5, 5.41) is 0. The van der Waals surface area contributed by atoms with Gasteiger partial charge in [0, 0.05) is 29.9 Å². The summed E-state index contributed by atoms with van der Waals surface area (Å²) in [6.07, 6.45) is 6.66. The van der Waals surface area contributed by atoms with Gasteiger partial charge in [-0.1, -0.05) is 25.3 Å². The van der Waals surface area contributed by atoms with Crippen LogP contribution in [0, 0.1) is 0 Å². The van der Waals surface area contributed by atoms with Crippen molar-refractivity contribution in [2.45, 2.75) is 58.0 Å². The van der Waals surface area contributed by atoms with E-state index in [1.807, 2.05) is 13.0 Å². The molecule has 1 atom stereocenters. The molecule has 2 N–H and O–H groups in total. The largest absolute Gasteiger partial charge is 0.496 e. The zero-order chi connectivity index (χ0) is 14.5. The van der Waals surface area contributed by atoms with E-state index >= 15 is 0 Å². The van der Waals surface area contributed by atoms with Crippen LogP contribution in [0.2, 0.25) is 0 Å². The molecule has 0 radical (unpaired) electrons. The number of ether oxygens (including phenoxy) is 1. The molecule has 1 fully saturated rings. The molecule has 0 amide bonds. The van der Waals surface area contributed by atoms with E-state index in [9.17, 15) is 0 Å². The molecule has 0 aromatic heterocycles. The lowest BCUT2D eigenvalue weighted by Crippen LogP contribution is -2.37. The summed E-state index contributed by atoms with van der Waals surface area (Å²) in [6.45, 7) is 5.30. The minimum atomic E-state index is -0.0150. The second-order valence-corrected chi connectivity index (χ2v) is 5.76. The van der Waals surface area contributed by atoms with Crippen LogP contribution < -0.4 is 15.4 Å².